The highest BCUT2D eigenvalue weighted by Gasteiger charge is 2.43. The van der Waals surface area contributed by atoms with E-state index >= 15 is 0 Å². The molecule has 0 unspecified atom stereocenters. The van der Waals surface area contributed by atoms with Crippen LogP contribution in [0.15, 0.2) is 23.7 Å². The second kappa shape index (κ2) is 2.78. The molecule has 0 saturated heterocycles. The highest BCUT2D eigenvalue weighted by molar-refractivity contribution is 7.16. The topological polar surface area (TPSA) is 33.1 Å². The van der Waals surface area contributed by atoms with E-state index in [0.29, 0.717) is 0 Å². The molecule has 1 aliphatic carbocycles. The minimum atomic E-state index is 0.0815. The highest BCUT2D eigenvalue weighted by atomic mass is 32.1. The number of rotatable bonds is 2. The van der Waals surface area contributed by atoms with E-state index in [4.69, 9.17) is 0 Å². The predicted molar refractivity (Wildman–Crippen MR) is 57.6 cm³/mol. The molecule has 14 heavy (non-hydrogen) atoms. The van der Waals surface area contributed by atoms with Crippen molar-refractivity contribution in [1.29, 1.82) is 0 Å². The van der Waals surface area contributed by atoms with Gasteiger partial charge in [-0.05, 0) is 30.5 Å². The molecule has 1 saturated carbocycles. The fourth-order valence-electron chi connectivity index (χ4n) is 1.87. The maximum absolute atomic E-state index is 9.32. The lowest BCUT2D eigenvalue weighted by molar-refractivity contribution is 0.255. The van der Waals surface area contributed by atoms with Gasteiger partial charge in [-0.3, -0.25) is 0 Å². The Balaban J connectivity index is 2.13. The number of aromatic nitrogens is 1. The van der Waals surface area contributed by atoms with Gasteiger partial charge in [0.1, 0.15) is 0 Å². The Hall–Kier alpha value is -0.930. The van der Waals surface area contributed by atoms with Crippen LogP contribution in [0.25, 0.3) is 10.2 Å². The van der Waals surface area contributed by atoms with Crippen molar-refractivity contribution in [2.45, 2.75) is 18.3 Å². The number of nitrogens with zero attached hydrogens (tertiary/aromatic N) is 1. The molecule has 0 radical (unpaired) electrons. The van der Waals surface area contributed by atoms with Crippen LogP contribution in [0.5, 0.6) is 0 Å². The Bertz CT molecular complexity index is 473. The van der Waals surface area contributed by atoms with Crippen LogP contribution >= 0.6 is 11.3 Å². The number of thiazole rings is 1. The van der Waals surface area contributed by atoms with Gasteiger partial charge in [-0.2, -0.15) is 0 Å². The number of hydrogen-bond donors (Lipinski definition) is 1. The molecule has 0 spiro atoms. The summed E-state index contributed by atoms with van der Waals surface area (Å²) in [4.78, 5) is 4.24. The minimum absolute atomic E-state index is 0.0815. The van der Waals surface area contributed by atoms with E-state index in [-0.39, 0.29) is 12.0 Å². The third kappa shape index (κ3) is 1.09. The fourth-order valence-corrected chi connectivity index (χ4v) is 2.59. The molecule has 3 heteroatoms. The van der Waals surface area contributed by atoms with E-state index in [1.807, 2.05) is 5.51 Å². The van der Waals surface area contributed by atoms with Crippen LogP contribution < -0.4 is 0 Å². The monoisotopic (exact) mass is 205 g/mol. The standard InChI is InChI=1S/C11H11NOS/c13-6-11(3-4-11)8-1-2-9-10(5-8)14-7-12-9/h1-2,5,7,13H,3-4,6H2. The van der Waals surface area contributed by atoms with Crippen LogP contribution in [0.4, 0.5) is 0 Å². The summed E-state index contributed by atoms with van der Waals surface area (Å²) in [6.45, 7) is 0.275. The van der Waals surface area contributed by atoms with E-state index < -0.39 is 0 Å². The van der Waals surface area contributed by atoms with Crippen molar-refractivity contribution >= 4 is 21.6 Å². The average Bonchev–Trinajstić information content (AvgIpc) is 2.89. The predicted octanol–water partition coefficient (Wildman–Crippen LogP) is 2.32. The number of fused-ring (bicyclic) bond motifs is 1. The van der Waals surface area contributed by atoms with Gasteiger partial charge in [-0.25, -0.2) is 4.98 Å². The van der Waals surface area contributed by atoms with Crippen LogP contribution in [0.3, 0.4) is 0 Å². The van der Waals surface area contributed by atoms with E-state index in [1.54, 1.807) is 11.3 Å². The summed E-state index contributed by atoms with van der Waals surface area (Å²) in [7, 11) is 0. The van der Waals surface area contributed by atoms with E-state index in [1.165, 1.54) is 10.3 Å². The second-order valence-corrected chi connectivity index (χ2v) is 4.86. The molecule has 0 bridgehead atoms. The van der Waals surface area contributed by atoms with E-state index in [9.17, 15) is 5.11 Å². The molecule has 0 aliphatic heterocycles. The molecular weight excluding hydrogens is 194 g/mol. The number of hydrogen-bond acceptors (Lipinski definition) is 3. The molecule has 0 atom stereocenters. The maximum atomic E-state index is 9.32. The van der Waals surface area contributed by atoms with Crippen molar-refractivity contribution in [3.8, 4) is 0 Å². The third-order valence-corrected chi connectivity index (χ3v) is 3.89. The summed E-state index contributed by atoms with van der Waals surface area (Å²) in [5, 5.41) is 9.32. The highest BCUT2D eigenvalue weighted by Crippen LogP contribution is 2.48. The van der Waals surface area contributed by atoms with Gasteiger partial charge in [-0.1, -0.05) is 6.07 Å². The molecule has 72 valence electrons. The molecule has 1 N–H and O–H groups in total. The zero-order chi connectivity index (χ0) is 9.60. The van der Waals surface area contributed by atoms with Crippen molar-refractivity contribution in [1.82, 2.24) is 4.98 Å². The lowest BCUT2D eigenvalue weighted by Crippen LogP contribution is -2.11. The summed E-state index contributed by atoms with van der Waals surface area (Å²) in [6, 6.07) is 6.33. The lowest BCUT2D eigenvalue weighted by atomic mass is 9.97. The van der Waals surface area contributed by atoms with Crippen LogP contribution in [-0.4, -0.2) is 16.7 Å². The van der Waals surface area contributed by atoms with Crippen molar-refractivity contribution in [3.63, 3.8) is 0 Å². The minimum Gasteiger partial charge on any atom is -0.395 e. The maximum Gasteiger partial charge on any atom is 0.0812 e. The van der Waals surface area contributed by atoms with Gasteiger partial charge in [0, 0.05) is 5.41 Å². The summed E-state index contributed by atoms with van der Waals surface area (Å²) in [5.74, 6) is 0. The first-order valence-electron chi connectivity index (χ1n) is 4.79. The number of aliphatic hydroxyl groups excluding tert-OH is 1. The smallest absolute Gasteiger partial charge is 0.0812 e. The first-order chi connectivity index (χ1) is 6.84. The van der Waals surface area contributed by atoms with Gasteiger partial charge in [0.25, 0.3) is 0 Å². The summed E-state index contributed by atoms with van der Waals surface area (Å²) in [5.41, 5.74) is 4.29. The zero-order valence-corrected chi connectivity index (χ0v) is 8.55. The third-order valence-electron chi connectivity index (χ3n) is 3.10. The Labute approximate surface area is 86.2 Å². The second-order valence-electron chi connectivity index (χ2n) is 3.97. The molecule has 2 nitrogen and oxygen atoms in total. The van der Waals surface area contributed by atoms with Crippen molar-refractivity contribution in [2.24, 2.45) is 0 Å². The quantitative estimate of drug-likeness (QED) is 0.816. The first kappa shape index (κ1) is 8.38. The van der Waals surface area contributed by atoms with Gasteiger partial charge in [-0.15, -0.1) is 11.3 Å². The first-order valence-corrected chi connectivity index (χ1v) is 5.67. The van der Waals surface area contributed by atoms with Crippen molar-refractivity contribution in [2.75, 3.05) is 6.61 Å². The molecule has 0 amide bonds. The Morgan fingerprint density at radius 1 is 1.43 bits per heavy atom. The van der Waals surface area contributed by atoms with Gasteiger partial charge in [0.05, 0.1) is 22.3 Å². The molecule has 1 aromatic carbocycles. The molecule has 1 heterocycles. The normalized spacial score (nSPS) is 18.6. The van der Waals surface area contributed by atoms with Crippen LogP contribution in [0, 0.1) is 0 Å². The van der Waals surface area contributed by atoms with Crippen LogP contribution in [-0.2, 0) is 5.41 Å². The van der Waals surface area contributed by atoms with Gasteiger partial charge in [0.2, 0.25) is 0 Å². The summed E-state index contributed by atoms with van der Waals surface area (Å²) < 4.78 is 1.22. The number of aliphatic hydroxyl groups is 1. The van der Waals surface area contributed by atoms with Gasteiger partial charge in [0.15, 0.2) is 0 Å². The van der Waals surface area contributed by atoms with E-state index in [0.717, 1.165) is 18.4 Å². The summed E-state index contributed by atoms with van der Waals surface area (Å²) in [6.07, 6.45) is 2.24. The lowest BCUT2D eigenvalue weighted by Gasteiger charge is -2.11. The molecule has 1 aromatic heterocycles. The molecule has 3 rings (SSSR count). The van der Waals surface area contributed by atoms with Crippen molar-refractivity contribution in [3.05, 3.63) is 29.3 Å². The van der Waals surface area contributed by atoms with Gasteiger partial charge >= 0.3 is 0 Å². The molecule has 2 aromatic rings. The SMILES string of the molecule is OCC1(c2ccc3ncsc3c2)CC1. The molecular formula is C11H11NOS. The average molecular weight is 205 g/mol. The van der Waals surface area contributed by atoms with Crippen LogP contribution in [0.2, 0.25) is 0 Å². The number of benzene rings is 1. The van der Waals surface area contributed by atoms with Crippen molar-refractivity contribution < 1.29 is 5.11 Å². The Kier molecular flexibility index (Phi) is 1.66. The van der Waals surface area contributed by atoms with Crippen LogP contribution in [0.1, 0.15) is 18.4 Å². The zero-order valence-electron chi connectivity index (χ0n) is 7.73. The van der Waals surface area contributed by atoms with Gasteiger partial charge < -0.3 is 5.11 Å². The largest absolute Gasteiger partial charge is 0.395 e. The van der Waals surface area contributed by atoms with E-state index in [2.05, 4.69) is 23.2 Å². The Morgan fingerprint density at radius 2 is 2.29 bits per heavy atom. The fraction of sp³-hybridized carbons (Fsp3) is 0.364. The Morgan fingerprint density at radius 3 is 3.00 bits per heavy atom. The molecule has 1 aliphatic rings. The summed E-state index contributed by atoms with van der Waals surface area (Å²) >= 11 is 1.66. The molecule has 1 fully saturated rings.